The van der Waals surface area contributed by atoms with Gasteiger partial charge in [-0.15, -0.1) is 0 Å². The van der Waals surface area contributed by atoms with E-state index in [1.54, 1.807) is 13.0 Å². The Morgan fingerprint density at radius 2 is 1.83 bits per heavy atom. The molecule has 7 nitrogen and oxygen atoms in total. The molecule has 0 bridgehead atoms. The van der Waals surface area contributed by atoms with Crippen LogP contribution in [0.2, 0.25) is 0 Å². The summed E-state index contributed by atoms with van der Waals surface area (Å²) < 4.78 is 39.4. The van der Waals surface area contributed by atoms with E-state index in [0.717, 1.165) is 29.5 Å². The number of amides is 1. The van der Waals surface area contributed by atoms with Gasteiger partial charge in [0.1, 0.15) is 23.7 Å². The molecule has 1 amide bonds. The maximum absolute atomic E-state index is 14.0. The number of benzene rings is 2. The van der Waals surface area contributed by atoms with Crippen LogP contribution in [-0.4, -0.2) is 36.1 Å². The van der Waals surface area contributed by atoms with Gasteiger partial charge in [-0.05, 0) is 37.3 Å². The van der Waals surface area contributed by atoms with Gasteiger partial charge in [0.15, 0.2) is 4.80 Å². The molecular weight excluding hydrogens is 418 g/mol. The number of ether oxygens (including phenoxy) is 2. The molecule has 0 unspecified atom stereocenters. The third-order valence-corrected chi connectivity index (χ3v) is 5.11. The Kier molecular flexibility index (Phi) is 6.36. The van der Waals surface area contributed by atoms with E-state index in [9.17, 15) is 23.2 Å². The Labute approximate surface area is 173 Å². The lowest BCUT2D eigenvalue weighted by atomic mass is 10.2. The summed E-state index contributed by atoms with van der Waals surface area (Å²) in [4.78, 5) is 40.2. The van der Waals surface area contributed by atoms with Gasteiger partial charge >= 0.3 is 11.9 Å². The fourth-order valence-electron chi connectivity index (χ4n) is 2.74. The molecule has 30 heavy (non-hydrogen) atoms. The maximum Gasteiger partial charge on any atom is 0.337 e. The fraction of sp³-hybridized carbons (Fsp3) is 0.200. The quantitative estimate of drug-likeness (QED) is 0.576. The number of fused-ring (bicyclic) bond motifs is 1. The van der Waals surface area contributed by atoms with Crippen LogP contribution in [0, 0.1) is 11.6 Å². The van der Waals surface area contributed by atoms with Crippen LogP contribution in [0.4, 0.5) is 8.78 Å². The van der Waals surface area contributed by atoms with Crippen molar-refractivity contribution >= 4 is 39.4 Å². The smallest absolute Gasteiger partial charge is 0.337 e. The molecule has 0 atom stereocenters. The van der Waals surface area contributed by atoms with Crippen molar-refractivity contribution in [2.24, 2.45) is 4.99 Å². The summed E-state index contributed by atoms with van der Waals surface area (Å²) in [5, 5.41) is 0. The van der Waals surface area contributed by atoms with Crippen molar-refractivity contribution < 1.29 is 32.6 Å². The van der Waals surface area contributed by atoms with E-state index in [1.165, 1.54) is 23.8 Å². The number of halogens is 2. The van der Waals surface area contributed by atoms with E-state index in [-0.39, 0.29) is 23.5 Å². The summed E-state index contributed by atoms with van der Waals surface area (Å²) >= 11 is 0.976. The molecule has 0 saturated carbocycles. The first-order chi connectivity index (χ1) is 14.3. The zero-order valence-electron chi connectivity index (χ0n) is 16.0. The van der Waals surface area contributed by atoms with Crippen molar-refractivity contribution in [1.29, 1.82) is 0 Å². The topological polar surface area (TPSA) is 87.0 Å². The van der Waals surface area contributed by atoms with Gasteiger partial charge in [-0.3, -0.25) is 9.59 Å². The Morgan fingerprint density at radius 1 is 1.13 bits per heavy atom. The van der Waals surface area contributed by atoms with Crippen molar-refractivity contribution in [3.8, 4) is 0 Å². The molecule has 0 spiro atoms. The molecular formula is C20H16F2N2O5S. The summed E-state index contributed by atoms with van der Waals surface area (Å²) in [6.07, 6.45) is 0. The Morgan fingerprint density at radius 3 is 2.47 bits per heavy atom. The van der Waals surface area contributed by atoms with E-state index in [4.69, 9.17) is 9.47 Å². The van der Waals surface area contributed by atoms with E-state index < -0.39 is 35.0 Å². The van der Waals surface area contributed by atoms with Gasteiger partial charge < -0.3 is 14.0 Å². The summed E-state index contributed by atoms with van der Waals surface area (Å²) in [7, 11) is 1.24. The average molecular weight is 434 g/mol. The molecule has 3 aromatic rings. The number of hydrogen-bond donors (Lipinski definition) is 0. The van der Waals surface area contributed by atoms with Crippen LogP contribution in [0.15, 0.2) is 41.4 Å². The average Bonchev–Trinajstić information content (AvgIpc) is 3.03. The second kappa shape index (κ2) is 8.95. The standard InChI is InChI=1S/C20H16F2N2O5S/c1-3-29-16(25)10-24-14-8-7-11(19(27)28-2)9-15(14)30-20(24)23-18(26)17-12(21)5-4-6-13(17)22/h4-9H,3,10H2,1-2H3. The number of methoxy groups -OCH3 is 1. The maximum atomic E-state index is 14.0. The minimum Gasteiger partial charge on any atom is -0.465 e. The molecule has 3 rings (SSSR count). The Bertz CT molecular complexity index is 1200. The van der Waals surface area contributed by atoms with Crippen LogP contribution in [0.3, 0.4) is 0 Å². The lowest BCUT2D eigenvalue weighted by molar-refractivity contribution is -0.143. The number of carbonyl (C=O) groups is 3. The zero-order valence-corrected chi connectivity index (χ0v) is 16.8. The van der Waals surface area contributed by atoms with Crippen molar-refractivity contribution in [2.45, 2.75) is 13.5 Å². The highest BCUT2D eigenvalue weighted by molar-refractivity contribution is 7.16. The summed E-state index contributed by atoms with van der Waals surface area (Å²) in [6.45, 7) is 1.52. The molecule has 0 radical (unpaired) electrons. The first-order valence-corrected chi connectivity index (χ1v) is 9.57. The highest BCUT2D eigenvalue weighted by Gasteiger charge is 2.19. The van der Waals surface area contributed by atoms with Gasteiger partial charge in [0.25, 0.3) is 5.91 Å². The number of esters is 2. The molecule has 1 heterocycles. The monoisotopic (exact) mass is 434 g/mol. The molecule has 0 aliphatic heterocycles. The van der Waals surface area contributed by atoms with Gasteiger partial charge in [0, 0.05) is 0 Å². The SMILES string of the molecule is CCOC(=O)Cn1c(=NC(=O)c2c(F)cccc2F)sc2cc(C(=O)OC)ccc21. The van der Waals surface area contributed by atoms with Crippen LogP contribution in [0.1, 0.15) is 27.6 Å². The number of rotatable bonds is 5. The van der Waals surface area contributed by atoms with Crippen LogP contribution in [-0.2, 0) is 20.8 Å². The van der Waals surface area contributed by atoms with E-state index in [1.807, 2.05) is 0 Å². The van der Waals surface area contributed by atoms with Crippen molar-refractivity contribution in [2.75, 3.05) is 13.7 Å². The van der Waals surface area contributed by atoms with Gasteiger partial charge in [-0.1, -0.05) is 17.4 Å². The largest absolute Gasteiger partial charge is 0.465 e. The molecule has 0 aliphatic rings. The molecule has 0 saturated heterocycles. The molecule has 0 N–H and O–H groups in total. The van der Waals surface area contributed by atoms with E-state index in [2.05, 4.69) is 4.99 Å². The predicted octanol–water partition coefficient (Wildman–Crippen LogP) is 3.07. The second-order valence-corrected chi connectivity index (χ2v) is 6.97. The fourth-order valence-corrected chi connectivity index (χ4v) is 3.80. The van der Waals surface area contributed by atoms with Crippen molar-refractivity contribution in [1.82, 2.24) is 4.57 Å². The minimum absolute atomic E-state index is 0.0210. The van der Waals surface area contributed by atoms with Gasteiger partial charge in [-0.25, -0.2) is 13.6 Å². The van der Waals surface area contributed by atoms with Gasteiger partial charge in [0.2, 0.25) is 0 Å². The lowest BCUT2D eigenvalue weighted by Gasteiger charge is -2.06. The Hall–Kier alpha value is -3.40. The number of carbonyl (C=O) groups excluding carboxylic acids is 3. The van der Waals surface area contributed by atoms with Crippen molar-refractivity contribution in [3.63, 3.8) is 0 Å². The summed E-state index contributed by atoms with van der Waals surface area (Å²) in [5.41, 5.74) is -0.0540. The number of aromatic nitrogens is 1. The molecule has 0 fully saturated rings. The third-order valence-electron chi connectivity index (χ3n) is 4.07. The van der Waals surface area contributed by atoms with Crippen LogP contribution < -0.4 is 4.80 Å². The normalized spacial score (nSPS) is 11.5. The first kappa shape index (κ1) is 21.3. The summed E-state index contributed by atoms with van der Waals surface area (Å²) in [6, 6.07) is 7.60. The van der Waals surface area contributed by atoms with Crippen LogP contribution in [0.25, 0.3) is 10.2 Å². The third kappa shape index (κ3) is 4.28. The zero-order chi connectivity index (χ0) is 21.8. The molecule has 0 aliphatic carbocycles. The van der Waals surface area contributed by atoms with Crippen LogP contribution >= 0.6 is 11.3 Å². The molecule has 1 aromatic heterocycles. The van der Waals surface area contributed by atoms with E-state index in [0.29, 0.717) is 10.2 Å². The summed E-state index contributed by atoms with van der Waals surface area (Å²) in [5.74, 6) is -4.38. The molecule has 156 valence electrons. The number of hydrogen-bond acceptors (Lipinski definition) is 6. The van der Waals surface area contributed by atoms with Crippen molar-refractivity contribution in [3.05, 3.63) is 64.0 Å². The minimum atomic E-state index is -1.14. The second-order valence-electron chi connectivity index (χ2n) is 5.96. The molecule has 2 aromatic carbocycles. The first-order valence-electron chi connectivity index (χ1n) is 8.76. The van der Waals surface area contributed by atoms with Gasteiger partial charge in [0.05, 0.1) is 29.5 Å². The highest BCUT2D eigenvalue weighted by Crippen LogP contribution is 2.21. The molecule has 10 heteroatoms. The number of thiazole rings is 1. The van der Waals surface area contributed by atoms with Crippen LogP contribution in [0.5, 0.6) is 0 Å². The predicted molar refractivity (Wildman–Crippen MR) is 104 cm³/mol. The van der Waals surface area contributed by atoms with E-state index >= 15 is 0 Å². The van der Waals surface area contributed by atoms with Gasteiger partial charge in [-0.2, -0.15) is 4.99 Å². The lowest BCUT2D eigenvalue weighted by Crippen LogP contribution is -2.23. The Balaban J connectivity index is 2.18. The highest BCUT2D eigenvalue weighted by atomic mass is 32.1. The number of nitrogens with zero attached hydrogens (tertiary/aromatic N) is 2.